The van der Waals surface area contributed by atoms with Crippen molar-refractivity contribution in [1.29, 1.82) is 0 Å². The Morgan fingerprint density at radius 2 is 2.00 bits per heavy atom. The third kappa shape index (κ3) is 3.43. The molecule has 0 aliphatic rings. The van der Waals surface area contributed by atoms with Gasteiger partial charge in [0.05, 0.1) is 0 Å². The smallest absolute Gasteiger partial charge is 0.157 e. The quantitative estimate of drug-likeness (QED) is 0.834. The molecule has 15 heavy (non-hydrogen) atoms. The predicted molar refractivity (Wildman–Crippen MR) is 65.2 cm³/mol. The van der Waals surface area contributed by atoms with Crippen LogP contribution in [0.15, 0.2) is 17.5 Å². The molecule has 1 heterocycles. The molecule has 1 aromatic heterocycles. The molecule has 0 aliphatic heterocycles. The lowest BCUT2D eigenvalue weighted by molar-refractivity contribution is -0.124. The second-order valence-corrected chi connectivity index (χ2v) is 5.31. The zero-order valence-corrected chi connectivity index (χ0v) is 10.6. The number of Topliss-reactive ketones (excluding diaryl/α,β-unsaturated/α-hetero) is 1. The molecule has 1 N–H and O–H groups in total. The Hall–Kier alpha value is -0.670. The molecule has 1 aromatic rings. The van der Waals surface area contributed by atoms with Crippen molar-refractivity contribution in [2.45, 2.75) is 39.8 Å². The monoisotopic (exact) mass is 225 g/mol. The van der Waals surface area contributed by atoms with Crippen molar-refractivity contribution in [3.63, 3.8) is 0 Å². The summed E-state index contributed by atoms with van der Waals surface area (Å²) in [7, 11) is 0. The maximum Gasteiger partial charge on any atom is 0.157 e. The molecule has 0 spiro atoms. The number of nitrogens with one attached hydrogen (secondary N) is 1. The summed E-state index contributed by atoms with van der Waals surface area (Å²) < 4.78 is 0. The van der Waals surface area contributed by atoms with Crippen molar-refractivity contribution in [1.82, 2.24) is 5.32 Å². The van der Waals surface area contributed by atoms with E-state index in [0.29, 0.717) is 6.04 Å². The van der Waals surface area contributed by atoms with Crippen molar-refractivity contribution < 1.29 is 4.79 Å². The molecule has 0 bridgehead atoms. The number of thiophene rings is 1. The first kappa shape index (κ1) is 12.4. The van der Waals surface area contributed by atoms with E-state index in [1.165, 1.54) is 0 Å². The fourth-order valence-corrected chi connectivity index (χ4v) is 2.22. The molecular weight excluding hydrogens is 206 g/mol. The van der Waals surface area contributed by atoms with E-state index in [2.05, 4.69) is 19.2 Å². The minimum Gasteiger partial charge on any atom is -0.301 e. The molecular formula is C12H19NOS. The highest BCUT2D eigenvalue weighted by Crippen LogP contribution is 2.23. The van der Waals surface area contributed by atoms with Gasteiger partial charge in [0.1, 0.15) is 6.04 Å². The number of hydrogen-bond donors (Lipinski definition) is 1. The van der Waals surface area contributed by atoms with E-state index in [1.807, 2.05) is 31.4 Å². The van der Waals surface area contributed by atoms with Gasteiger partial charge in [0.15, 0.2) is 5.78 Å². The summed E-state index contributed by atoms with van der Waals surface area (Å²) in [5.74, 6) is 0.342. The zero-order chi connectivity index (χ0) is 11.4. The van der Waals surface area contributed by atoms with E-state index in [-0.39, 0.29) is 17.7 Å². The van der Waals surface area contributed by atoms with Crippen LogP contribution in [-0.4, -0.2) is 11.8 Å². The second-order valence-electron chi connectivity index (χ2n) is 4.33. The lowest BCUT2D eigenvalue weighted by Crippen LogP contribution is -2.35. The van der Waals surface area contributed by atoms with Gasteiger partial charge >= 0.3 is 0 Å². The zero-order valence-electron chi connectivity index (χ0n) is 9.78. The molecule has 0 saturated carbocycles. The molecule has 2 nitrogen and oxygen atoms in total. The lowest BCUT2D eigenvalue weighted by atomic mass is 10.00. The third-order valence-electron chi connectivity index (χ3n) is 2.18. The van der Waals surface area contributed by atoms with Crippen LogP contribution in [0.25, 0.3) is 0 Å². The Labute approximate surface area is 95.7 Å². The van der Waals surface area contributed by atoms with Gasteiger partial charge in [0.2, 0.25) is 0 Å². The van der Waals surface area contributed by atoms with Gasteiger partial charge in [-0.2, -0.15) is 0 Å². The molecule has 0 radical (unpaired) electrons. The van der Waals surface area contributed by atoms with Crippen LogP contribution >= 0.6 is 11.3 Å². The summed E-state index contributed by atoms with van der Waals surface area (Å²) in [4.78, 5) is 13.1. The maximum atomic E-state index is 12.0. The molecule has 1 atom stereocenters. The van der Waals surface area contributed by atoms with E-state index in [4.69, 9.17) is 0 Å². The molecule has 0 saturated heterocycles. The van der Waals surface area contributed by atoms with E-state index >= 15 is 0 Å². The van der Waals surface area contributed by atoms with Gasteiger partial charge in [-0.25, -0.2) is 0 Å². The minimum absolute atomic E-state index is 0.0725. The standard InChI is InChI=1S/C12H19NOS/c1-8(2)12(14)11(13-9(3)4)10-6-5-7-15-10/h5-9,11,13H,1-4H3. The number of rotatable bonds is 5. The van der Waals surface area contributed by atoms with Crippen LogP contribution in [0, 0.1) is 5.92 Å². The van der Waals surface area contributed by atoms with Gasteiger partial charge in [0.25, 0.3) is 0 Å². The summed E-state index contributed by atoms with van der Waals surface area (Å²) in [6, 6.07) is 4.19. The molecule has 84 valence electrons. The van der Waals surface area contributed by atoms with Crippen LogP contribution in [0.4, 0.5) is 0 Å². The Bertz CT molecular complexity index is 303. The van der Waals surface area contributed by atoms with Gasteiger partial charge in [-0.15, -0.1) is 11.3 Å². The molecule has 1 unspecified atom stereocenters. The van der Waals surface area contributed by atoms with Crippen molar-refractivity contribution in [3.8, 4) is 0 Å². The molecule has 3 heteroatoms. The number of hydrogen-bond acceptors (Lipinski definition) is 3. The Kier molecular flexibility index (Phi) is 4.48. The van der Waals surface area contributed by atoms with Crippen molar-refractivity contribution in [2.24, 2.45) is 5.92 Å². The largest absolute Gasteiger partial charge is 0.301 e. The average Bonchev–Trinajstić information content (AvgIpc) is 2.65. The summed E-state index contributed by atoms with van der Waals surface area (Å²) in [6.45, 7) is 8.03. The van der Waals surface area contributed by atoms with Crippen molar-refractivity contribution in [3.05, 3.63) is 22.4 Å². The van der Waals surface area contributed by atoms with Gasteiger partial charge in [-0.3, -0.25) is 4.79 Å². The fourth-order valence-electron chi connectivity index (χ4n) is 1.43. The first-order valence-electron chi connectivity index (χ1n) is 5.35. The second kappa shape index (κ2) is 5.42. The van der Waals surface area contributed by atoms with E-state index in [9.17, 15) is 4.79 Å². The number of carbonyl (C=O) groups is 1. The highest BCUT2D eigenvalue weighted by Gasteiger charge is 2.23. The first-order valence-corrected chi connectivity index (χ1v) is 6.23. The summed E-state index contributed by atoms with van der Waals surface area (Å²) >= 11 is 1.64. The van der Waals surface area contributed by atoms with Gasteiger partial charge in [0, 0.05) is 16.8 Å². The van der Waals surface area contributed by atoms with Crippen LogP contribution in [0.1, 0.15) is 38.6 Å². The molecule has 0 fully saturated rings. The SMILES string of the molecule is CC(C)NC(C(=O)C(C)C)c1cccs1. The molecule has 0 aromatic carbocycles. The summed E-state index contributed by atoms with van der Waals surface area (Å²) in [5, 5.41) is 5.34. The highest BCUT2D eigenvalue weighted by atomic mass is 32.1. The van der Waals surface area contributed by atoms with Crippen LogP contribution in [0.5, 0.6) is 0 Å². The first-order chi connectivity index (χ1) is 7.02. The van der Waals surface area contributed by atoms with E-state index in [0.717, 1.165) is 4.88 Å². The van der Waals surface area contributed by atoms with Crippen LogP contribution in [0.3, 0.4) is 0 Å². The summed E-state index contributed by atoms with van der Waals surface area (Å²) in [6.07, 6.45) is 0. The van der Waals surface area contributed by atoms with Crippen molar-refractivity contribution in [2.75, 3.05) is 0 Å². The molecule has 0 aliphatic carbocycles. The van der Waals surface area contributed by atoms with Crippen LogP contribution < -0.4 is 5.32 Å². The maximum absolute atomic E-state index is 12.0. The number of ketones is 1. The minimum atomic E-state index is -0.134. The van der Waals surface area contributed by atoms with Gasteiger partial charge in [-0.05, 0) is 25.3 Å². The summed E-state index contributed by atoms with van der Waals surface area (Å²) in [5.41, 5.74) is 0. The Morgan fingerprint density at radius 3 is 2.40 bits per heavy atom. The average molecular weight is 225 g/mol. The third-order valence-corrected chi connectivity index (χ3v) is 3.12. The van der Waals surface area contributed by atoms with Crippen LogP contribution in [-0.2, 0) is 4.79 Å². The lowest BCUT2D eigenvalue weighted by Gasteiger charge is -2.20. The Balaban J connectivity index is 2.83. The van der Waals surface area contributed by atoms with Gasteiger partial charge < -0.3 is 5.32 Å². The van der Waals surface area contributed by atoms with E-state index < -0.39 is 0 Å². The Morgan fingerprint density at radius 1 is 1.33 bits per heavy atom. The molecule has 1 rings (SSSR count). The molecule has 0 amide bonds. The van der Waals surface area contributed by atoms with Crippen LogP contribution in [0.2, 0.25) is 0 Å². The van der Waals surface area contributed by atoms with Crippen molar-refractivity contribution >= 4 is 17.1 Å². The van der Waals surface area contributed by atoms with Gasteiger partial charge in [-0.1, -0.05) is 19.9 Å². The normalized spacial score (nSPS) is 13.5. The number of carbonyl (C=O) groups excluding carboxylic acids is 1. The fraction of sp³-hybridized carbons (Fsp3) is 0.583. The predicted octanol–water partition coefficient (Wildman–Crippen LogP) is 3.01. The highest BCUT2D eigenvalue weighted by molar-refractivity contribution is 7.10. The topological polar surface area (TPSA) is 29.1 Å². The van der Waals surface area contributed by atoms with E-state index in [1.54, 1.807) is 11.3 Å².